The second-order valence-electron chi connectivity index (χ2n) is 6.11. The predicted molar refractivity (Wildman–Crippen MR) is 85.7 cm³/mol. The normalized spacial score (nSPS) is 17.6. The molecule has 1 saturated carbocycles. The van der Waals surface area contributed by atoms with Crippen molar-refractivity contribution in [3.05, 3.63) is 59.9 Å². The SMILES string of the molecule is NCC1(c2ccc(F)c(-c3ccccc3)c2)CCCCC1. The first-order valence-electron chi connectivity index (χ1n) is 7.81. The second-order valence-corrected chi connectivity index (χ2v) is 6.11. The van der Waals surface area contributed by atoms with Gasteiger partial charge in [0, 0.05) is 17.5 Å². The van der Waals surface area contributed by atoms with Crippen LogP contribution in [0, 0.1) is 5.82 Å². The zero-order valence-electron chi connectivity index (χ0n) is 12.3. The van der Waals surface area contributed by atoms with Gasteiger partial charge in [-0.05, 0) is 36.1 Å². The second kappa shape index (κ2) is 5.98. The van der Waals surface area contributed by atoms with Gasteiger partial charge in [0.15, 0.2) is 0 Å². The van der Waals surface area contributed by atoms with Crippen molar-refractivity contribution in [2.75, 3.05) is 6.54 Å². The van der Waals surface area contributed by atoms with E-state index in [4.69, 9.17) is 5.73 Å². The maximum Gasteiger partial charge on any atom is 0.131 e. The molecule has 2 aromatic carbocycles. The summed E-state index contributed by atoms with van der Waals surface area (Å²) in [6.07, 6.45) is 5.95. The first-order valence-corrected chi connectivity index (χ1v) is 7.81. The lowest BCUT2D eigenvalue weighted by Gasteiger charge is -2.37. The molecule has 1 aliphatic carbocycles. The predicted octanol–water partition coefficient (Wildman–Crippen LogP) is 4.65. The molecule has 1 aliphatic rings. The van der Waals surface area contributed by atoms with Crippen LogP contribution in [0.1, 0.15) is 37.7 Å². The summed E-state index contributed by atoms with van der Waals surface area (Å²) in [5, 5.41) is 0. The van der Waals surface area contributed by atoms with Crippen molar-refractivity contribution < 1.29 is 4.39 Å². The molecule has 0 aromatic heterocycles. The van der Waals surface area contributed by atoms with Crippen molar-refractivity contribution in [3.63, 3.8) is 0 Å². The van der Waals surface area contributed by atoms with Crippen LogP contribution in [0.5, 0.6) is 0 Å². The molecule has 1 fully saturated rings. The van der Waals surface area contributed by atoms with Crippen molar-refractivity contribution in [1.82, 2.24) is 0 Å². The Labute approximate surface area is 126 Å². The van der Waals surface area contributed by atoms with E-state index in [1.165, 1.54) is 24.8 Å². The van der Waals surface area contributed by atoms with E-state index < -0.39 is 0 Å². The summed E-state index contributed by atoms with van der Waals surface area (Å²) in [4.78, 5) is 0. The maximum atomic E-state index is 14.2. The molecule has 0 heterocycles. The topological polar surface area (TPSA) is 26.0 Å². The molecule has 2 N–H and O–H groups in total. The minimum atomic E-state index is -0.159. The van der Waals surface area contributed by atoms with Gasteiger partial charge in [0.2, 0.25) is 0 Å². The molecule has 0 atom stereocenters. The third-order valence-electron chi connectivity index (χ3n) is 4.86. The lowest BCUT2D eigenvalue weighted by Crippen LogP contribution is -2.37. The van der Waals surface area contributed by atoms with Gasteiger partial charge in [-0.2, -0.15) is 0 Å². The Bertz CT molecular complexity index is 600. The molecule has 0 amide bonds. The summed E-state index contributed by atoms with van der Waals surface area (Å²) in [5.74, 6) is -0.159. The number of rotatable bonds is 3. The molecule has 0 aliphatic heterocycles. The molecule has 0 spiro atoms. The van der Waals surface area contributed by atoms with Gasteiger partial charge in [0.05, 0.1) is 0 Å². The van der Waals surface area contributed by atoms with Gasteiger partial charge in [-0.3, -0.25) is 0 Å². The minimum Gasteiger partial charge on any atom is -0.330 e. The first-order chi connectivity index (χ1) is 10.2. The van der Waals surface area contributed by atoms with E-state index >= 15 is 0 Å². The van der Waals surface area contributed by atoms with Crippen LogP contribution in [0.15, 0.2) is 48.5 Å². The van der Waals surface area contributed by atoms with Crippen LogP contribution < -0.4 is 5.73 Å². The monoisotopic (exact) mass is 283 g/mol. The largest absolute Gasteiger partial charge is 0.330 e. The van der Waals surface area contributed by atoms with Gasteiger partial charge in [-0.15, -0.1) is 0 Å². The van der Waals surface area contributed by atoms with Gasteiger partial charge in [-0.25, -0.2) is 4.39 Å². The van der Waals surface area contributed by atoms with Crippen LogP contribution in [0.2, 0.25) is 0 Å². The van der Waals surface area contributed by atoms with Gasteiger partial charge < -0.3 is 5.73 Å². The fourth-order valence-electron chi connectivity index (χ4n) is 3.53. The minimum absolute atomic E-state index is 0.0372. The molecule has 3 rings (SSSR count). The van der Waals surface area contributed by atoms with E-state index in [9.17, 15) is 4.39 Å². The average Bonchev–Trinajstić information content (AvgIpc) is 2.56. The Balaban J connectivity index is 2.05. The number of benzene rings is 2. The molecule has 110 valence electrons. The summed E-state index contributed by atoms with van der Waals surface area (Å²) in [6, 6.07) is 15.3. The van der Waals surface area contributed by atoms with Crippen molar-refractivity contribution in [3.8, 4) is 11.1 Å². The summed E-state index contributed by atoms with van der Waals surface area (Å²) < 4.78 is 14.2. The highest BCUT2D eigenvalue weighted by Crippen LogP contribution is 2.40. The summed E-state index contributed by atoms with van der Waals surface area (Å²) in [6.45, 7) is 0.646. The number of hydrogen-bond acceptors (Lipinski definition) is 1. The van der Waals surface area contributed by atoms with Crippen molar-refractivity contribution in [1.29, 1.82) is 0 Å². The molecule has 0 unspecified atom stereocenters. The quantitative estimate of drug-likeness (QED) is 0.871. The number of halogens is 1. The van der Waals surface area contributed by atoms with E-state index in [0.717, 1.165) is 18.4 Å². The van der Waals surface area contributed by atoms with Crippen molar-refractivity contribution in [2.45, 2.75) is 37.5 Å². The van der Waals surface area contributed by atoms with Gasteiger partial charge in [0.1, 0.15) is 5.82 Å². The van der Waals surface area contributed by atoms with Crippen LogP contribution in [0.25, 0.3) is 11.1 Å². The van der Waals surface area contributed by atoms with E-state index in [1.54, 1.807) is 6.07 Å². The van der Waals surface area contributed by atoms with Gasteiger partial charge in [-0.1, -0.05) is 55.7 Å². The molecule has 1 nitrogen and oxygen atoms in total. The summed E-state index contributed by atoms with van der Waals surface area (Å²) in [7, 11) is 0. The van der Waals surface area contributed by atoms with Crippen LogP contribution >= 0.6 is 0 Å². The van der Waals surface area contributed by atoms with Crippen LogP contribution in [0.4, 0.5) is 4.39 Å². The van der Waals surface area contributed by atoms with Crippen LogP contribution in [-0.2, 0) is 5.41 Å². The Morgan fingerprint density at radius 2 is 1.67 bits per heavy atom. The number of nitrogens with two attached hydrogens (primary N) is 1. The van der Waals surface area contributed by atoms with E-state index in [2.05, 4.69) is 0 Å². The molecule has 21 heavy (non-hydrogen) atoms. The Kier molecular flexibility index (Phi) is 4.07. The zero-order valence-corrected chi connectivity index (χ0v) is 12.3. The molecule has 0 radical (unpaired) electrons. The molecular formula is C19H22FN. The molecule has 2 heteroatoms. The highest BCUT2D eigenvalue weighted by Gasteiger charge is 2.32. The molecule has 0 saturated heterocycles. The fraction of sp³-hybridized carbons (Fsp3) is 0.368. The van der Waals surface area contributed by atoms with Crippen LogP contribution in [0.3, 0.4) is 0 Å². The standard InChI is InChI=1S/C19H22FN/c20-18-10-9-16(19(14-21)11-5-2-6-12-19)13-17(18)15-7-3-1-4-8-15/h1,3-4,7-10,13H,2,5-6,11-12,14,21H2. The molecule has 0 bridgehead atoms. The zero-order chi connectivity index (χ0) is 14.7. The Morgan fingerprint density at radius 3 is 2.33 bits per heavy atom. The summed E-state index contributed by atoms with van der Waals surface area (Å²) in [5.41, 5.74) is 8.96. The smallest absolute Gasteiger partial charge is 0.131 e. The third kappa shape index (κ3) is 2.73. The van der Waals surface area contributed by atoms with Crippen LogP contribution in [-0.4, -0.2) is 6.54 Å². The van der Waals surface area contributed by atoms with Gasteiger partial charge in [0.25, 0.3) is 0 Å². The lowest BCUT2D eigenvalue weighted by atomic mass is 9.69. The van der Waals surface area contributed by atoms with E-state index in [1.807, 2.05) is 42.5 Å². The molecular weight excluding hydrogens is 261 g/mol. The Morgan fingerprint density at radius 1 is 0.952 bits per heavy atom. The Hall–Kier alpha value is -1.67. The lowest BCUT2D eigenvalue weighted by molar-refractivity contribution is 0.300. The van der Waals surface area contributed by atoms with E-state index in [-0.39, 0.29) is 11.2 Å². The first kappa shape index (κ1) is 14.3. The molecule has 2 aromatic rings. The highest BCUT2D eigenvalue weighted by molar-refractivity contribution is 5.65. The number of hydrogen-bond donors (Lipinski definition) is 1. The average molecular weight is 283 g/mol. The van der Waals surface area contributed by atoms with E-state index in [0.29, 0.717) is 12.1 Å². The third-order valence-corrected chi connectivity index (χ3v) is 4.86. The van der Waals surface area contributed by atoms with Crippen molar-refractivity contribution in [2.24, 2.45) is 5.73 Å². The summed E-state index contributed by atoms with van der Waals surface area (Å²) >= 11 is 0. The van der Waals surface area contributed by atoms with Crippen molar-refractivity contribution >= 4 is 0 Å². The fourth-order valence-corrected chi connectivity index (χ4v) is 3.53. The maximum absolute atomic E-state index is 14.2. The van der Waals surface area contributed by atoms with Gasteiger partial charge >= 0.3 is 0 Å². The highest BCUT2D eigenvalue weighted by atomic mass is 19.1.